The number of esters is 1. The van der Waals surface area contributed by atoms with Gasteiger partial charge in [0.05, 0.1) is 17.4 Å². The minimum atomic E-state index is -0.181. The van der Waals surface area contributed by atoms with E-state index in [0.29, 0.717) is 12.2 Å². The number of hydrogen-bond donors (Lipinski definition) is 1. The fourth-order valence-corrected chi connectivity index (χ4v) is 2.09. The van der Waals surface area contributed by atoms with Crippen LogP contribution in [0.1, 0.15) is 25.7 Å². The van der Waals surface area contributed by atoms with E-state index in [9.17, 15) is 4.79 Å². The zero-order valence-electron chi connectivity index (χ0n) is 9.99. The van der Waals surface area contributed by atoms with Gasteiger partial charge in [0.15, 0.2) is 0 Å². The van der Waals surface area contributed by atoms with Gasteiger partial charge in [0.1, 0.15) is 5.75 Å². The maximum absolute atomic E-state index is 11.6. The lowest BCUT2D eigenvalue weighted by Crippen LogP contribution is -2.07. The van der Waals surface area contributed by atoms with Gasteiger partial charge in [-0.15, -0.1) is 0 Å². The van der Waals surface area contributed by atoms with Crippen molar-refractivity contribution in [2.45, 2.75) is 25.7 Å². The lowest BCUT2D eigenvalue weighted by atomic mass is 10.2. The molecule has 0 amide bonds. The molecule has 0 radical (unpaired) electrons. The van der Waals surface area contributed by atoms with Crippen LogP contribution in [0.4, 0.5) is 0 Å². The normalized spacial score (nSPS) is 10.7. The lowest BCUT2D eigenvalue weighted by molar-refractivity contribution is -0.134. The van der Waals surface area contributed by atoms with Crippen molar-refractivity contribution in [2.24, 2.45) is 0 Å². The summed E-state index contributed by atoms with van der Waals surface area (Å²) in [6.07, 6.45) is 5.09. The molecule has 1 aromatic carbocycles. The summed E-state index contributed by atoms with van der Waals surface area (Å²) >= 11 is 3.36. The van der Waals surface area contributed by atoms with Crippen molar-refractivity contribution < 1.29 is 9.53 Å². The Bertz CT molecular complexity index is 524. The number of benzene rings is 1. The Hall–Kier alpha value is -1.36. The molecule has 5 heteroatoms. The summed E-state index contributed by atoms with van der Waals surface area (Å²) in [6.45, 7) is 0. The predicted octanol–water partition coefficient (Wildman–Crippen LogP) is 3.42. The van der Waals surface area contributed by atoms with Crippen LogP contribution < -0.4 is 4.74 Å². The monoisotopic (exact) mass is 310 g/mol. The van der Waals surface area contributed by atoms with E-state index in [4.69, 9.17) is 4.74 Å². The third-order valence-corrected chi connectivity index (χ3v) is 3.20. The zero-order chi connectivity index (χ0) is 12.8. The SMILES string of the molecule is O=C(CCCCCBr)Oc1ccc2[nH]cnc2c1. The van der Waals surface area contributed by atoms with Gasteiger partial charge in [-0.1, -0.05) is 22.4 Å². The average Bonchev–Trinajstić information content (AvgIpc) is 2.82. The number of aromatic nitrogens is 2. The number of halogens is 1. The summed E-state index contributed by atoms with van der Waals surface area (Å²) in [5.41, 5.74) is 1.74. The minimum Gasteiger partial charge on any atom is -0.426 e. The van der Waals surface area contributed by atoms with Crippen molar-refractivity contribution in [3.63, 3.8) is 0 Å². The second-order valence-electron chi connectivity index (χ2n) is 4.06. The molecule has 1 heterocycles. The van der Waals surface area contributed by atoms with Gasteiger partial charge in [-0.2, -0.15) is 0 Å². The van der Waals surface area contributed by atoms with Gasteiger partial charge in [-0.25, -0.2) is 4.98 Å². The summed E-state index contributed by atoms with van der Waals surface area (Å²) in [5, 5.41) is 0.984. The fourth-order valence-electron chi connectivity index (χ4n) is 1.70. The number of carbonyl (C=O) groups is 1. The first kappa shape index (κ1) is 13.1. The number of fused-ring (bicyclic) bond motifs is 1. The molecule has 0 atom stereocenters. The highest BCUT2D eigenvalue weighted by molar-refractivity contribution is 9.09. The molecule has 18 heavy (non-hydrogen) atoms. The fraction of sp³-hybridized carbons (Fsp3) is 0.385. The van der Waals surface area contributed by atoms with Crippen LogP contribution in [0.3, 0.4) is 0 Å². The highest BCUT2D eigenvalue weighted by atomic mass is 79.9. The summed E-state index contributed by atoms with van der Waals surface area (Å²) < 4.78 is 5.27. The number of hydrogen-bond acceptors (Lipinski definition) is 3. The van der Waals surface area contributed by atoms with Crippen LogP contribution in [0.15, 0.2) is 24.5 Å². The molecule has 0 aliphatic heterocycles. The van der Waals surface area contributed by atoms with E-state index in [1.54, 1.807) is 18.5 Å². The van der Waals surface area contributed by atoms with Gasteiger partial charge in [0.2, 0.25) is 0 Å². The molecular weight excluding hydrogens is 296 g/mol. The number of alkyl halides is 1. The maximum Gasteiger partial charge on any atom is 0.311 e. The quantitative estimate of drug-likeness (QED) is 0.385. The molecule has 2 rings (SSSR count). The molecule has 0 saturated heterocycles. The number of ether oxygens (including phenoxy) is 1. The molecule has 96 valence electrons. The third kappa shape index (κ3) is 3.57. The standard InChI is InChI=1S/C13H15BrN2O2/c14-7-3-1-2-4-13(17)18-10-5-6-11-12(8-10)16-9-15-11/h5-6,8-9H,1-4,7H2,(H,15,16). The first-order chi connectivity index (χ1) is 8.79. The zero-order valence-corrected chi connectivity index (χ0v) is 11.6. The van der Waals surface area contributed by atoms with E-state index >= 15 is 0 Å². The molecule has 0 aliphatic rings. The second-order valence-corrected chi connectivity index (χ2v) is 4.85. The number of unbranched alkanes of at least 4 members (excludes halogenated alkanes) is 2. The second kappa shape index (κ2) is 6.54. The third-order valence-electron chi connectivity index (χ3n) is 2.64. The van der Waals surface area contributed by atoms with Crippen LogP contribution in [0.25, 0.3) is 11.0 Å². The summed E-state index contributed by atoms with van der Waals surface area (Å²) in [5.74, 6) is 0.375. The number of nitrogens with zero attached hydrogens (tertiary/aromatic N) is 1. The van der Waals surface area contributed by atoms with Crippen LogP contribution in [0.5, 0.6) is 5.75 Å². The Morgan fingerprint density at radius 3 is 3.06 bits per heavy atom. The minimum absolute atomic E-state index is 0.181. The van der Waals surface area contributed by atoms with Crippen LogP contribution in [-0.4, -0.2) is 21.3 Å². The first-order valence-electron chi connectivity index (χ1n) is 5.99. The number of aromatic amines is 1. The Kier molecular flexibility index (Phi) is 4.75. The summed E-state index contributed by atoms with van der Waals surface area (Å²) in [7, 11) is 0. The Morgan fingerprint density at radius 1 is 1.33 bits per heavy atom. The Morgan fingerprint density at radius 2 is 2.22 bits per heavy atom. The van der Waals surface area contributed by atoms with Gasteiger partial charge in [-0.3, -0.25) is 4.79 Å². The molecule has 0 saturated carbocycles. The average molecular weight is 311 g/mol. The van der Waals surface area contributed by atoms with E-state index in [2.05, 4.69) is 25.9 Å². The molecule has 0 fully saturated rings. The predicted molar refractivity (Wildman–Crippen MR) is 74.0 cm³/mol. The Balaban J connectivity index is 1.86. The number of H-pyrrole nitrogens is 1. The van der Waals surface area contributed by atoms with Gasteiger partial charge in [-0.05, 0) is 25.0 Å². The number of nitrogens with one attached hydrogen (secondary N) is 1. The number of rotatable bonds is 6. The Labute approximate surface area is 114 Å². The molecule has 2 aromatic rings. The molecule has 0 unspecified atom stereocenters. The molecule has 4 nitrogen and oxygen atoms in total. The van der Waals surface area contributed by atoms with Crippen molar-refractivity contribution in [1.29, 1.82) is 0 Å². The van der Waals surface area contributed by atoms with E-state index in [1.165, 1.54) is 0 Å². The maximum atomic E-state index is 11.6. The van der Waals surface area contributed by atoms with Crippen molar-refractivity contribution >= 4 is 32.9 Å². The molecule has 1 aromatic heterocycles. The molecule has 0 spiro atoms. The van der Waals surface area contributed by atoms with Crippen LogP contribution in [-0.2, 0) is 4.79 Å². The van der Waals surface area contributed by atoms with Gasteiger partial charge in [0.25, 0.3) is 0 Å². The van der Waals surface area contributed by atoms with Crippen LogP contribution in [0.2, 0.25) is 0 Å². The van der Waals surface area contributed by atoms with E-state index in [-0.39, 0.29) is 5.97 Å². The summed E-state index contributed by atoms with van der Waals surface area (Å²) in [4.78, 5) is 18.7. The molecule has 1 N–H and O–H groups in total. The van der Waals surface area contributed by atoms with Crippen molar-refractivity contribution in [3.8, 4) is 5.75 Å². The number of carbonyl (C=O) groups excluding carboxylic acids is 1. The van der Waals surface area contributed by atoms with E-state index in [1.807, 2.05) is 6.07 Å². The molecule has 0 aliphatic carbocycles. The number of imidazole rings is 1. The highest BCUT2D eigenvalue weighted by Crippen LogP contribution is 2.18. The highest BCUT2D eigenvalue weighted by Gasteiger charge is 2.06. The van der Waals surface area contributed by atoms with Crippen LogP contribution >= 0.6 is 15.9 Å². The topological polar surface area (TPSA) is 55.0 Å². The largest absolute Gasteiger partial charge is 0.426 e. The first-order valence-corrected chi connectivity index (χ1v) is 7.11. The molecular formula is C13H15BrN2O2. The van der Waals surface area contributed by atoms with E-state index in [0.717, 1.165) is 35.6 Å². The summed E-state index contributed by atoms with van der Waals surface area (Å²) in [6, 6.07) is 5.40. The van der Waals surface area contributed by atoms with Crippen LogP contribution in [0, 0.1) is 0 Å². The van der Waals surface area contributed by atoms with Crippen molar-refractivity contribution in [3.05, 3.63) is 24.5 Å². The lowest BCUT2D eigenvalue weighted by Gasteiger charge is -2.03. The van der Waals surface area contributed by atoms with Crippen molar-refractivity contribution in [1.82, 2.24) is 9.97 Å². The van der Waals surface area contributed by atoms with Gasteiger partial charge < -0.3 is 9.72 Å². The van der Waals surface area contributed by atoms with Gasteiger partial charge in [0, 0.05) is 17.8 Å². The molecule has 0 bridgehead atoms. The van der Waals surface area contributed by atoms with E-state index < -0.39 is 0 Å². The smallest absolute Gasteiger partial charge is 0.311 e. The van der Waals surface area contributed by atoms with Gasteiger partial charge >= 0.3 is 5.97 Å². The van der Waals surface area contributed by atoms with Crippen molar-refractivity contribution in [2.75, 3.05) is 5.33 Å².